The standard InChI is InChI=1S/C10H14N4O/c1-6(2)9-12-14-8(5-15)7(3)11-10(14)13(9)4/h5-6H,1-4H3. The summed E-state index contributed by atoms with van der Waals surface area (Å²) < 4.78 is 3.53. The minimum Gasteiger partial charge on any atom is -0.300 e. The number of rotatable bonds is 2. The van der Waals surface area contributed by atoms with Gasteiger partial charge in [-0.3, -0.25) is 9.36 Å². The van der Waals surface area contributed by atoms with Gasteiger partial charge in [-0.05, 0) is 6.92 Å². The van der Waals surface area contributed by atoms with Crippen LogP contribution in [0.1, 0.15) is 41.8 Å². The number of aldehydes is 1. The van der Waals surface area contributed by atoms with E-state index in [1.54, 1.807) is 4.52 Å². The Kier molecular flexibility index (Phi) is 2.10. The monoisotopic (exact) mass is 206 g/mol. The summed E-state index contributed by atoms with van der Waals surface area (Å²) in [5.74, 6) is 1.97. The van der Waals surface area contributed by atoms with Gasteiger partial charge in [-0.15, -0.1) is 0 Å². The van der Waals surface area contributed by atoms with E-state index in [9.17, 15) is 4.79 Å². The van der Waals surface area contributed by atoms with Gasteiger partial charge in [0.1, 0.15) is 11.5 Å². The summed E-state index contributed by atoms with van der Waals surface area (Å²) in [6, 6.07) is 0. The normalized spacial score (nSPS) is 11.5. The third-order valence-electron chi connectivity index (χ3n) is 2.53. The molecule has 0 aromatic carbocycles. The van der Waals surface area contributed by atoms with Gasteiger partial charge in [0.25, 0.3) is 0 Å². The fourth-order valence-corrected chi connectivity index (χ4v) is 1.74. The number of hydrogen-bond donors (Lipinski definition) is 0. The van der Waals surface area contributed by atoms with Gasteiger partial charge in [0, 0.05) is 13.0 Å². The zero-order valence-corrected chi connectivity index (χ0v) is 9.35. The van der Waals surface area contributed by atoms with E-state index in [2.05, 4.69) is 23.9 Å². The van der Waals surface area contributed by atoms with Crippen molar-refractivity contribution in [2.24, 2.45) is 7.05 Å². The molecule has 0 atom stereocenters. The van der Waals surface area contributed by atoms with E-state index in [1.165, 1.54) is 0 Å². The first-order chi connectivity index (χ1) is 7.06. The van der Waals surface area contributed by atoms with E-state index in [0.717, 1.165) is 23.6 Å². The van der Waals surface area contributed by atoms with Crippen molar-refractivity contribution in [3.05, 3.63) is 17.2 Å². The number of imidazole rings is 1. The molecule has 15 heavy (non-hydrogen) atoms. The van der Waals surface area contributed by atoms with E-state index in [-0.39, 0.29) is 0 Å². The van der Waals surface area contributed by atoms with Gasteiger partial charge in [-0.2, -0.15) is 9.61 Å². The summed E-state index contributed by atoms with van der Waals surface area (Å²) in [7, 11) is 1.92. The molecule has 0 N–H and O–H groups in total. The van der Waals surface area contributed by atoms with Gasteiger partial charge in [0.15, 0.2) is 6.29 Å². The molecule has 2 heterocycles. The Labute approximate surface area is 87.7 Å². The van der Waals surface area contributed by atoms with Crippen LogP contribution in [0.4, 0.5) is 0 Å². The first kappa shape index (κ1) is 9.89. The smallest absolute Gasteiger partial charge is 0.232 e. The van der Waals surface area contributed by atoms with Gasteiger partial charge >= 0.3 is 0 Å². The Hall–Kier alpha value is -1.65. The molecule has 0 amide bonds. The SMILES string of the molecule is Cc1nc2n(C)c(C(C)C)nn2c1C=O. The zero-order valence-electron chi connectivity index (χ0n) is 9.35. The van der Waals surface area contributed by atoms with Gasteiger partial charge in [-0.25, -0.2) is 4.98 Å². The molecule has 2 aromatic rings. The molecule has 0 saturated carbocycles. The second-order valence-electron chi connectivity index (χ2n) is 3.98. The third kappa shape index (κ3) is 1.26. The molecule has 5 heteroatoms. The molecule has 2 aromatic heterocycles. The first-order valence-corrected chi connectivity index (χ1v) is 4.93. The minimum atomic E-state index is 0.316. The number of nitrogens with zero attached hydrogens (tertiary/aromatic N) is 4. The lowest BCUT2D eigenvalue weighted by atomic mass is 10.2. The van der Waals surface area contributed by atoms with Crippen LogP contribution in [0.25, 0.3) is 5.78 Å². The Morgan fingerprint density at radius 1 is 1.40 bits per heavy atom. The van der Waals surface area contributed by atoms with Crippen LogP contribution in [0.3, 0.4) is 0 Å². The molecule has 0 aliphatic rings. The van der Waals surface area contributed by atoms with E-state index < -0.39 is 0 Å². The molecule has 0 fully saturated rings. The maximum Gasteiger partial charge on any atom is 0.232 e. The average molecular weight is 206 g/mol. The average Bonchev–Trinajstić information content (AvgIpc) is 2.63. The summed E-state index contributed by atoms with van der Waals surface area (Å²) in [6.45, 7) is 5.94. The number of carbonyl (C=O) groups is 1. The molecule has 0 unspecified atom stereocenters. The molecule has 0 spiro atoms. The van der Waals surface area contributed by atoms with E-state index in [0.29, 0.717) is 11.6 Å². The summed E-state index contributed by atoms with van der Waals surface area (Å²) in [5.41, 5.74) is 1.26. The molecule has 0 saturated heterocycles. The number of hydrogen-bond acceptors (Lipinski definition) is 3. The quantitative estimate of drug-likeness (QED) is 0.696. The predicted octanol–water partition coefficient (Wildman–Crippen LogP) is 1.31. The molecule has 80 valence electrons. The van der Waals surface area contributed by atoms with Crippen LogP contribution in [0, 0.1) is 6.92 Å². The van der Waals surface area contributed by atoms with Crippen molar-refractivity contribution in [1.82, 2.24) is 19.2 Å². The number of carbonyl (C=O) groups excluding carboxylic acids is 1. The van der Waals surface area contributed by atoms with Gasteiger partial charge < -0.3 is 0 Å². The number of fused-ring (bicyclic) bond motifs is 1. The maximum absolute atomic E-state index is 10.9. The summed E-state index contributed by atoms with van der Waals surface area (Å²) in [6.07, 6.45) is 0.798. The van der Waals surface area contributed by atoms with Crippen molar-refractivity contribution >= 4 is 12.1 Å². The lowest BCUT2D eigenvalue weighted by Gasteiger charge is -2.02. The molecule has 2 rings (SSSR count). The van der Waals surface area contributed by atoms with Crippen molar-refractivity contribution in [2.75, 3.05) is 0 Å². The number of aromatic nitrogens is 4. The van der Waals surface area contributed by atoms with Crippen LogP contribution in [-0.2, 0) is 7.05 Å². The van der Waals surface area contributed by atoms with Crippen LogP contribution in [0.2, 0.25) is 0 Å². The molecule has 0 aliphatic carbocycles. The van der Waals surface area contributed by atoms with E-state index >= 15 is 0 Å². The van der Waals surface area contributed by atoms with Crippen molar-refractivity contribution < 1.29 is 4.79 Å². The van der Waals surface area contributed by atoms with Crippen LogP contribution in [-0.4, -0.2) is 25.5 Å². The zero-order chi connectivity index (χ0) is 11.2. The third-order valence-corrected chi connectivity index (χ3v) is 2.53. The second-order valence-corrected chi connectivity index (χ2v) is 3.98. The molecular formula is C10H14N4O. The van der Waals surface area contributed by atoms with Crippen molar-refractivity contribution in [3.8, 4) is 0 Å². The Morgan fingerprint density at radius 2 is 2.07 bits per heavy atom. The van der Waals surface area contributed by atoms with Crippen LogP contribution in [0.15, 0.2) is 0 Å². The highest BCUT2D eigenvalue weighted by atomic mass is 16.1. The maximum atomic E-state index is 10.9. The minimum absolute atomic E-state index is 0.316. The molecule has 0 aliphatic heterocycles. The fraction of sp³-hybridized carbons (Fsp3) is 0.500. The Bertz CT molecular complexity index is 521. The highest BCUT2D eigenvalue weighted by molar-refractivity contribution is 5.75. The molecule has 0 bridgehead atoms. The fourth-order valence-electron chi connectivity index (χ4n) is 1.74. The van der Waals surface area contributed by atoms with E-state index in [1.807, 2.05) is 18.5 Å². The summed E-state index contributed by atoms with van der Waals surface area (Å²) in [4.78, 5) is 15.2. The highest BCUT2D eigenvalue weighted by Crippen LogP contribution is 2.16. The lowest BCUT2D eigenvalue weighted by molar-refractivity contribution is 0.111. The molecular weight excluding hydrogens is 192 g/mol. The second kappa shape index (κ2) is 3.18. The molecule has 5 nitrogen and oxygen atoms in total. The largest absolute Gasteiger partial charge is 0.300 e. The highest BCUT2D eigenvalue weighted by Gasteiger charge is 2.17. The Balaban J connectivity index is 2.79. The first-order valence-electron chi connectivity index (χ1n) is 4.93. The number of aryl methyl sites for hydroxylation is 2. The van der Waals surface area contributed by atoms with Gasteiger partial charge in [-0.1, -0.05) is 13.8 Å². The van der Waals surface area contributed by atoms with Crippen molar-refractivity contribution in [1.29, 1.82) is 0 Å². The van der Waals surface area contributed by atoms with Crippen LogP contribution in [0.5, 0.6) is 0 Å². The topological polar surface area (TPSA) is 52.2 Å². The van der Waals surface area contributed by atoms with Crippen molar-refractivity contribution in [3.63, 3.8) is 0 Å². The van der Waals surface area contributed by atoms with Crippen molar-refractivity contribution in [2.45, 2.75) is 26.7 Å². The predicted molar refractivity (Wildman–Crippen MR) is 56.2 cm³/mol. The summed E-state index contributed by atoms with van der Waals surface area (Å²) >= 11 is 0. The lowest BCUT2D eigenvalue weighted by Crippen LogP contribution is -2.01. The summed E-state index contributed by atoms with van der Waals surface area (Å²) in [5, 5.41) is 4.39. The Morgan fingerprint density at radius 3 is 2.60 bits per heavy atom. The van der Waals surface area contributed by atoms with Gasteiger partial charge in [0.05, 0.1) is 5.69 Å². The van der Waals surface area contributed by atoms with E-state index in [4.69, 9.17) is 0 Å². The molecule has 0 radical (unpaired) electrons. The van der Waals surface area contributed by atoms with Gasteiger partial charge in [0.2, 0.25) is 5.78 Å². The van der Waals surface area contributed by atoms with Crippen LogP contribution < -0.4 is 0 Å². The van der Waals surface area contributed by atoms with Crippen LogP contribution >= 0.6 is 0 Å².